The Morgan fingerprint density at radius 2 is 0.684 bits per heavy atom. The van der Waals surface area contributed by atoms with E-state index in [-0.39, 0.29) is 0 Å². The minimum absolute atomic E-state index is 1.15. The fourth-order valence-corrected chi connectivity index (χ4v) is 6.87. The van der Waals surface area contributed by atoms with Crippen molar-refractivity contribution in [1.29, 1.82) is 0 Å². The second-order valence-corrected chi connectivity index (χ2v) is 8.25. The third-order valence-corrected chi connectivity index (χ3v) is 7.56. The van der Waals surface area contributed by atoms with E-state index in [1.807, 2.05) is 0 Å². The van der Waals surface area contributed by atoms with Gasteiger partial charge >= 0.3 is 0 Å². The van der Waals surface area contributed by atoms with Crippen molar-refractivity contribution in [3.63, 3.8) is 0 Å². The van der Waals surface area contributed by atoms with Gasteiger partial charge in [-0.05, 0) is 61.2 Å². The molecule has 19 heavy (non-hydrogen) atoms. The Morgan fingerprint density at radius 3 is 1.26 bits per heavy atom. The van der Waals surface area contributed by atoms with Crippen LogP contribution >= 0.6 is 0 Å². The Bertz CT molecular complexity index is 305. The van der Waals surface area contributed by atoms with Crippen LogP contribution in [0.5, 0.6) is 0 Å². The lowest BCUT2D eigenvalue weighted by atomic mass is 9.57. The average Bonchev–Trinajstić information content (AvgIpc) is 2.95. The zero-order chi connectivity index (χ0) is 12.7. The summed E-state index contributed by atoms with van der Waals surface area (Å²) in [6.07, 6.45) is 20.6. The average molecular weight is 260 g/mol. The minimum Gasteiger partial charge on any atom is -0.0530 e. The normalized spacial score (nSPS) is 50.5. The van der Waals surface area contributed by atoms with Crippen molar-refractivity contribution in [2.24, 2.45) is 35.5 Å². The van der Waals surface area contributed by atoms with Crippen LogP contribution in [0, 0.1) is 35.5 Å². The fraction of sp³-hybridized carbons (Fsp3) is 1.00. The lowest BCUT2D eigenvalue weighted by molar-refractivity contribution is 0.0131. The summed E-state index contributed by atoms with van der Waals surface area (Å²) in [5.41, 5.74) is 0. The lowest BCUT2D eigenvalue weighted by Crippen LogP contribution is -2.40. The smallest absolute Gasteiger partial charge is 0.0352 e. The van der Waals surface area contributed by atoms with E-state index in [4.69, 9.17) is 0 Å². The van der Waals surface area contributed by atoms with Gasteiger partial charge in [-0.15, -0.1) is 0 Å². The molecular weight excluding hydrogens is 228 g/mol. The third-order valence-electron chi connectivity index (χ3n) is 7.56. The summed E-state index contributed by atoms with van der Waals surface area (Å²) in [6, 6.07) is 0. The van der Waals surface area contributed by atoms with Crippen molar-refractivity contribution in [2.75, 3.05) is 0 Å². The first-order chi connectivity index (χ1) is 9.43. The highest BCUT2D eigenvalue weighted by molar-refractivity contribution is 4.95. The molecule has 4 aliphatic rings. The van der Waals surface area contributed by atoms with Crippen LogP contribution in [0.4, 0.5) is 0 Å². The molecule has 0 nitrogen and oxygen atoms in total. The summed E-state index contributed by atoms with van der Waals surface area (Å²) >= 11 is 0. The van der Waals surface area contributed by atoms with Gasteiger partial charge in [0.1, 0.15) is 0 Å². The highest BCUT2D eigenvalue weighted by atomic mass is 14.5. The van der Waals surface area contributed by atoms with Gasteiger partial charge in [0.2, 0.25) is 0 Å². The molecule has 4 aliphatic carbocycles. The summed E-state index contributed by atoms with van der Waals surface area (Å²) in [6.45, 7) is 0. The molecule has 0 aromatic rings. The van der Waals surface area contributed by atoms with Crippen molar-refractivity contribution >= 4 is 0 Å². The van der Waals surface area contributed by atoms with Crippen LogP contribution in [0.1, 0.15) is 83.5 Å². The predicted octanol–water partition coefficient (Wildman–Crippen LogP) is 5.81. The second-order valence-electron chi connectivity index (χ2n) is 8.25. The first-order valence-electron chi connectivity index (χ1n) is 9.43. The number of hydrogen-bond donors (Lipinski definition) is 0. The first-order valence-corrected chi connectivity index (χ1v) is 9.43. The van der Waals surface area contributed by atoms with E-state index < -0.39 is 0 Å². The molecule has 0 saturated heterocycles. The van der Waals surface area contributed by atoms with E-state index in [1.54, 1.807) is 83.5 Å². The molecule has 0 aromatic carbocycles. The molecule has 4 saturated carbocycles. The van der Waals surface area contributed by atoms with Gasteiger partial charge in [0.05, 0.1) is 0 Å². The predicted molar refractivity (Wildman–Crippen MR) is 81.0 cm³/mol. The largest absolute Gasteiger partial charge is 0.0530 e. The maximum absolute atomic E-state index is 1.61. The molecule has 4 fully saturated rings. The van der Waals surface area contributed by atoms with Gasteiger partial charge in [0.25, 0.3) is 0 Å². The van der Waals surface area contributed by atoms with E-state index in [9.17, 15) is 0 Å². The summed E-state index contributed by atoms with van der Waals surface area (Å²) in [5, 5.41) is 0. The molecule has 0 heteroatoms. The number of hydrogen-bond acceptors (Lipinski definition) is 0. The highest BCUT2D eigenvalue weighted by Gasteiger charge is 2.45. The standard InChI is InChI=1S/C19H32/c1-2-10-16-14(6-1)8-4-12-18(16)19-13-5-9-15-7-3-11-17(15)19/h14-19H,1-13H2. The molecule has 0 amide bonds. The Balaban J connectivity index is 1.52. The molecule has 0 N–H and O–H groups in total. The van der Waals surface area contributed by atoms with Crippen molar-refractivity contribution < 1.29 is 0 Å². The summed E-state index contributed by atoms with van der Waals surface area (Å²) in [4.78, 5) is 0. The Labute approximate surface area is 119 Å². The van der Waals surface area contributed by atoms with E-state index >= 15 is 0 Å². The molecule has 6 atom stereocenters. The van der Waals surface area contributed by atoms with Crippen LogP contribution in [0.2, 0.25) is 0 Å². The molecule has 0 aliphatic heterocycles. The lowest BCUT2D eigenvalue weighted by Gasteiger charge is -2.48. The van der Waals surface area contributed by atoms with Crippen molar-refractivity contribution in [3.05, 3.63) is 0 Å². The quantitative estimate of drug-likeness (QED) is 0.558. The van der Waals surface area contributed by atoms with Crippen molar-refractivity contribution in [3.8, 4) is 0 Å². The summed E-state index contributed by atoms with van der Waals surface area (Å²) < 4.78 is 0. The maximum Gasteiger partial charge on any atom is -0.0352 e. The fourth-order valence-electron chi connectivity index (χ4n) is 6.87. The number of rotatable bonds is 1. The zero-order valence-corrected chi connectivity index (χ0v) is 12.7. The molecule has 108 valence electrons. The molecule has 4 rings (SSSR count). The summed E-state index contributed by atoms with van der Waals surface area (Å²) in [7, 11) is 0. The van der Waals surface area contributed by atoms with Gasteiger partial charge in [0.15, 0.2) is 0 Å². The minimum atomic E-state index is 1.15. The maximum atomic E-state index is 1.61. The van der Waals surface area contributed by atoms with Crippen LogP contribution in [0.25, 0.3) is 0 Å². The van der Waals surface area contributed by atoms with E-state index in [2.05, 4.69) is 0 Å². The van der Waals surface area contributed by atoms with Gasteiger partial charge < -0.3 is 0 Å². The van der Waals surface area contributed by atoms with Crippen LogP contribution in [0.15, 0.2) is 0 Å². The molecule has 0 bridgehead atoms. The van der Waals surface area contributed by atoms with Gasteiger partial charge in [-0.2, -0.15) is 0 Å². The van der Waals surface area contributed by atoms with E-state index in [1.165, 1.54) is 5.92 Å². The van der Waals surface area contributed by atoms with Gasteiger partial charge in [-0.3, -0.25) is 0 Å². The first kappa shape index (κ1) is 12.7. The monoisotopic (exact) mass is 260 g/mol. The topological polar surface area (TPSA) is 0 Å². The van der Waals surface area contributed by atoms with Gasteiger partial charge in [-0.1, -0.05) is 57.8 Å². The second kappa shape index (κ2) is 5.41. The molecule has 0 heterocycles. The number of fused-ring (bicyclic) bond motifs is 2. The Hall–Kier alpha value is 0. The molecule has 0 aromatic heterocycles. The molecule has 0 radical (unpaired) electrons. The Kier molecular flexibility index (Phi) is 3.62. The molecule has 6 unspecified atom stereocenters. The van der Waals surface area contributed by atoms with Gasteiger partial charge in [0, 0.05) is 0 Å². The van der Waals surface area contributed by atoms with Crippen molar-refractivity contribution in [2.45, 2.75) is 83.5 Å². The van der Waals surface area contributed by atoms with Crippen molar-refractivity contribution in [1.82, 2.24) is 0 Å². The van der Waals surface area contributed by atoms with E-state index in [0.29, 0.717) is 0 Å². The SMILES string of the molecule is C1CCC2C(C1)CCCC2C1CCCC2CCCC21. The molecule has 0 spiro atoms. The van der Waals surface area contributed by atoms with E-state index in [0.717, 1.165) is 29.6 Å². The Morgan fingerprint density at radius 1 is 0.316 bits per heavy atom. The molecular formula is C19H32. The van der Waals surface area contributed by atoms with Gasteiger partial charge in [-0.25, -0.2) is 0 Å². The highest BCUT2D eigenvalue weighted by Crippen LogP contribution is 2.55. The zero-order valence-electron chi connectivity index (χ0n) is 12.7. The third kappa shape index (κ3) is 2.28. The summed E-state index contributed by atoms with van der Waals surface area (Å²) in [5.74, 6) is 6.94. The van der Waals surface area contributed by atoms with Crippen LogP contribution in [0.3, 0.4) is 0 Å². The van der Waals surface area contributed by atoms with Crippen LogP contribution < -0.4 is 0 Å². The van der Waals surface area contributed by atoms with Crippen LogP contribution in [-0.4, -0.2) is 0 Å². The van der Waals surface area contributed by atoms with Crippen LogP contribution in [-0.2, 0) is 0 Å².